The molecule has 0 aromatic carbocycles. The summed E-state index contributed by atoms with van der Waals surface area (Å²) in [6, 6.07) is 2.05. The van der Waals surface area contributed by atoms with Crippen LogP contribution in [-0.4, -0.2) is 5.11 Å². The Bertz CT molecular complexity index is 237. The van der Waals surface area contributed by atoms with E-state index in [1.54, 1.807) is 11.3 Å². The van der Waals surface area contributed by atoms with E-state index in [1.165, 1.54) is 5.56 Å². The van der Waals surface area contributed by atoms with E-state index in [1.807, 2.05) is 32.2 Å². The van der Waals surface area contributed by atoms with E-state index < -0.39 is 5.60 Å². The molecule has 1 rings (SSSR count). The third kappa shape index (κ3) is 1.63. The minimum absolute atomic E-state index is 0.627. The molecule has 1 nitrogen and oxygen atoms in total. The predicted molar refractivity (Wildman–Crippen MR) is 48.9 cm³/mol. The first-order valence-corrected chi connectivity index (χ1v) is 4.73. The number of hydrogen-bond donors (Lipinski definition) is 1. The first kappa shape index (κ1) is 8.75. The lowest BCUT2D eigenvalue weighted by molar-refractivity contribution is 0.0563. The van der Waals surface area contributed by atoms with Crippen molar-refractivity contribution in [3.05, 3.63) is 21.9 Å². The Morgan fingerprint density at radius 2 is 2.27 bits per heavy atom. The molecule has 62 valence electrons. The molecular weight excluding hydrogens is 156 g/mol. The Morgan fingerprint density at radius 1 is 1.64 bits per heavy atom. The van der Waals surface area contributed by atoms with Crippen LogP contribution in [0.5, 0.6) is 0 Å². The summed E-state index contributed by atoms with van der Waals surface area (Å²) in [7, 11) is 0. The third-order valence-corrected chi connectivity index (χ3v) is 3.31. The van der Waals surface area contributed by atoms with Crippen molar-refractivity contribution in [3.8, 4) is 0 Å². The van der Waals surface area contributed by atoms with Crippen molar-refractivity contribution in [2.24, 2.45) is 0 Å². The molecular formula is C9H14OS. The number of aryl methyl sites for hydroxylation is 1. The number of rotatable bonds is 2. The monoisotopic (exact) mass is 170 g/mol. The van der Waals surface area contributed by atoms with Crippen LogP contribution >= 0.6 is 11.3 Å². The third-order valence-electron chi connectivity index (χ3n) is 2.04. The highest BCUT2D eigenvalue weighted by Crippen LogP contribution is 2.31. The molecule has 0 saturated carbocycles. The highest BCUT2D eigenvalue weighted by molar-refractivity contribution is 7.10. The van der Waals surface area contributed by atoms with Crippen LogP contribution < -0.4 is 0 Å². The molecule has 1 aromatic heterocycles. The Morgan fingerprint density at radius 3 is 2.64 bits per heavy atom. The van der Waals surface area contributed by atoms with E-state index in [-0.39, 0.29) is 0 Å². The molecule has 0 aliphatic carbocycles. The first-order chi connectivity index (χ1) is 5.08. The second-order valence-corrected chi connectivity index (χ2v) is 3.98. The number of thiophene rings is 1. The van der Waals surface area contributed by atoms with Gasteiger partial charge in [0.25, 0.3) is 0 Å². The summed E-state index contributed by atoms with van der Waals surface area (Å²) in [4.78, 5) is 1.10. The van der Waals surface area contributed by atoms with Crippen LogP contribution in [0.4, 0.5) is 0 Å². The molecule has 1 unspecified atom stereocenters. The molecule has 1 N–H and O–H groups in total. The van der Waals surface area contributed by atoms with Crippen LogP contribution in [0, 0.1) is 6.92 Å². The minimum Gasteiger partial charge on any atom is -0.385 e. The Labute approximate surface area is 71.7 Å². The average molecular weight is 170 g/mol. The minimum atomic E-state index is -0.627. The summed E-state index contributed by atoms with van der Waals surface area (Å²) >= 11 is 1.63. The molecule has 0 aliphatic heterocycles. The van der Waals surface area contributed by atoms with Gasteiger partial charge < -0.3 is 5.11 Å². The van der Waals surface area contributed by atoms with Crippen LogP contribution in [-0.2, 0) is 5.60 Å². The van der Waals surface area contributed by atoms with Crippen LogP contribution in [0.1, 0.15) is 30.7 Å². The topological polar surface area (TPSA) is 20.2 Å². The fourth-order valence-corrected chi connectivity index (χ4v) is 2.15. The molecule has 0 spiro atoms. The zero-order valence-corrected chi connectivity index (χ0v) is 8.03. The van der Waals surface area contributed by atoms with Gasteiger partial charge in [-0.1, -0.05) is 6.92 Å². The van der Waals surface area contributed by atoms with Crippen LogP contribution in [0.25, 0.3) is 0 Å². The van der Waals surface area contributed by atoms with Gasteiger partial charge in [0.15, 0.2) is 0 Å². The van der Waals surface area contributed by atoms with E-state index in [2.05, 4.69) is 0 Å². The predicted octanol–water partition coefficient (Wildman–Crippen LogP) is 2.67. The summed E-state index contributed by atoms with van der Waals surface area (Å²) < 4.78 is 0. The van der Waals surface area contributed by atoms with E-state index in [9.17, 15) is 5.11 Å². The van der Waals surface area contributed by atoms with Gasteiger partial charge in [-0.15, -0.1) is 11.3 Å². The van der Waals surface area contributed by atoms with Gasteiger partial charge in [-0.2, -0.15) is 0 Å². The lowest BCUT2D eigenvalue weighted by atomic mass is 9.99. The largest absolute Gasteiger partial charge is 0.385 e. The van der Waals surface area contributed by atoms with E-state index >= 15 is 0 Å². The maximum atomic E-state index is 9.87. The van der Waals surface area contributed by atoms with Crippen LogP contribution in [0.3, 0.4) is 0 Å². The molecule has 0 fully saturated rings. The van der Waals surface area contributed by atoms with Gasteiger partial charge in [-0.05, 0) is 37.3 Å². The SMILES string of the molecule is CCC(C)(O)c1sccc1C. The van der Waals surface area contributed by atoms with Crippen molar-refractivity contribution in [3.63, 3.8) is 0 Å². The molecule has 1 heterocycles. The second-order valence-electron chi connectivity index (χ2n) is 3.06. The Kier molecular flexibility index (Phi) is 2.35. The quantitative estimate of drug-likeness (QED) is 0.723. The van der Waals surface area contributed by atoms with Gasteiger partial charge in [-0.3, -0.25) is 0 Å². The first-order valence-electron chi connectivity index (χ1n) is 3.85. The van der Waals surface area contributed by atoms with Crippen molar-refractivity contribution < 1.29 is 5.11 Å². The average Bonchev–Trinajstić information content (AvgIpc) is 2.36. The van der Waals surface area contributed by atoms with E-state index in [4.69, 9.17) is 0 Å². The summed E-state index contributed by atoms with van der Waals surface area (Å²) in [5.41, 5.74) is 0.569. The molecule has 0 radical (unpaired) electrons. The van der Waals surface area contributed by atoms with Crippen molar-refractivity contribution in [2.75, 3.05) is 0 Å². The summed E-state index contributed by atoms with van der Waals surface area (Å²) in [5.74, 6) is 0. The van der Waals surface area contributed by atoms with Crippen LogP contribution in [0.2, 0.25) is 0 Å². The molecule has 0 aliphatic rings. The molecule has 2 heteroatoms. The lowest BCUT2D eigenvalue weighted by Gasteiger charge is -2.20. The van der Waals surface area contributed by atoms with Gasteiger partial charge in [0, 0.05) is 4.88 Å². The molecule has 1 atom stereocenters. The normalized spacial score (nSPS) is 16.4. The smallest absolute Gasteiger partial charge is 0.0959 e. The van der Waals surface area contributed by atoms with Crippen molar-refractivity contribution in [1.82, 2.24) is 0 Å². The molecule has 1 aromatic rings. The maximum Gasteiger partial charge on any atom is 0.0959 e. The number of hydrogen-bond acceptors (Lipinski definition) is 2. The fourth-order valence-electron chi connectivity index (χ4n) is 1.09. The van der Waals surface area contributed by atoms with E-state index in [0.29, 0.717) is 0 Å². The maximum absolute atomic E-state index is 9.87. The number of aliphatic hydroxyl groups is 1. The Balaban J connectivity index is 3.00. The van der Waals surface area contributed by atoms with Crippen LogP contribution in [0.15, 0.2) is 11.4 Å². The van der Waals surface area contributed by atoms with E-state index in [0.717, 1.165) is 11.3 Å². The van der Waals surface area contributed by atoms with Crippen molar-refractivity contribution >= 4 is 11.3 Å². The van der Waals surface area contributed by atoms with Gasteiger partial charge in [-0.25, -0.2) is 0 Å². The highest BCUT2D eigenvalue weighted by Gasteiger charge is 2.23. The highest BCUT2D eigenvalue weighted by atomic mass is 32.1. The molecule has 0 saturated heterocycles. The van der Waals surface area contributed by atoms with Gasteiger partial charge in [0.1, 0.15) is 0 Å². The van der Waals surface area contributed by atoms with Crippen molar-refractivity contribution in [2.45, 2.75) is 32.8 Å². The summed E-state index contributed by atoms with van der Waals surface area (Å²) in [6.45, 7) is 5.90. The lowest BCUT2D eigenvalue weighted by Crippen LogP contribution is -2.18. The summed E-state index contributed by atoms with van der Waals surface area (Å²) in [5, 5.41) is 11.9. The Hall–Kier alpha value is -0.340. The zero-order valence-electron chi connectivity index (χ0n) is 7.22. The van der Waals surface area contributed by atoms with Gasteiger partial charge in [0.2, 0.25) is 0 Å². The standard InChI is InChI=1S/C9H14OS/c1-4-9(3,10)8-7(2)5-6-11-8/h5-6,10H,4H2,1-3H3. The molecule has 11 heavy (non-hydrogen) atoms. The van der Waals surface area contributed by atoms with Crippen molar-refractivity contribution in [1.29, 1.82) is 0 Å². The second kappa shape index (κ2) is 2.95. The molecule has 0 bridgehead atoms. The molecule has 0 amide bonds. The zero-order chi connectivity index (χ0) is 8.48. The van der Waals surface area contributed by atoms with Gasteiger partial charge >= 0.3 is 0 Å². The summed E-state index contributed by atoms with van der Waals surface area (Å²) in [6.07, 6.45) is 0.772. The van der Waals surface area contributed by atoms with Gasteiger partial charge in [0.05, 0.1) is 5.60 Å². The fraction of sp³-hybridized carbons (Fsp3) is 0.556.